The first-order valence-electron chi connectivity index (χ1n) is 6.21. The molecule has 1 fully saturated rings. The molecule has 1 saturated heterocycles. The minimum Gasteiger partial charge on any atom is -0.377 e. The summed E-state index contributed by atoms with van der Waals surface area (Å²) in [6.07, 6.45) is 1.61. The Labute approximate surface area is 108 Å². The van der Waals surface area contributed by atoms with Crippen LogP contribution in [0.5, 0.6) is 0 Å². The molecule has 0 aliphatic carbocycles. The van der Waals surface area contributed by atoms with E-state index >= 15 is 0 Å². The van der Waals surface area contributed by atoms with Crippen LogP contribution in [-0.2, 0) is 14.6 Å². The lowest BCUT2D eigenvalue weighted by molar-refractivity contribution is 0.127. The SMILES string of the molecule is NCC(c1ccccc1)S(=O)(=O)CC1CCCO1. The second kappa shape index (κ2) is 5.82. The van der Waals surface area contributed by atoms with Crippen LogP contribution in [0.15, 0.2) is 30.3 Å². The first kappa shape index (κ1) is 13.5. The molecule has 2 atom stereocenters. The van der Waals surface area contributed by atoms with Gasteiger partial charge in [-0.1, -0.05) is 30.3 Å². The maximum absolute atomic E-state index is 12.4. The number of rotatable bonds is 5. The van der Waals surface area contributed by atoms with Crippen molar-refractivity contribution in [3.8, 4) is 0 Å². The third-order valence-corrected chi connectivity index (χ3v) is 5.43. The zero-order valence-electron chi connectivity index (χ0n) is 10.3. The van der Waals surface area contributed by atoms with E-state index in [1.54, 1.807) is 0 Å². The van der Waals surface area contributed by atoms with Gasteiger partial charge in [-0.05, 0) is 18.4 Å². The van der Waals surface area contributed by atoms with E-state index in [2.05, 4.69) is 0 Å². The van der Waals surface area contributed by atoms with Gasteiger partial charge in [0, 0.05) is 13.2 Å². The van der Waals surface area contributed by atoms with E-state index in [1.807, 2.05) is 30.3 Å². The second-order valence-corrected chi connectivity index (χ2v) is 6.83. The lowest BCUT2D eigenvalue weighted by Crippen LogP contribution is -2.29. The lowest BCUT2D eigenvalue weighted by atomic mass is 10.1. The number of hydrogen-bond donors (Lipinski definition) is 1. The fraction of sp³-hybridized carbons (Fsp3) is 0.538. The molecule has 0 radical (unpaired) electrons. The van der Waals surface area contributed by atoms with Gasteiger partial charge < -0.3 is 10.5 Å². The van der Waals surface area contributed by atoms with Gasteiger partial charge in [0.2, 0.25) is 0 Å². The van der Waals surface area contributed by atoms with Crippen molar-refractivity contribution in [2.24, 2.45) is 5.73 Å². The molecule has 0 spiro atoms. The molecule has 1 aliphatic rings. The van der Waals surface area contributed by atoms with Crippen LogP contribution < -0.4 is 5.73 Å². The van der Waals surface area contributed by atoms with E-state index in [9.17, 15) is 8.42 Å². The Kier molecular flexibility index (Phi) is 4.37. The van der Waals surface area contributed by atoms with E-state index < -0.39 is 15.1 Å². The van der Waals surface area contributed by atoms with Crippen molar-refractivity contribution >= 4 is 9.84 Å². The molecule has 1 aromatic carbocycles. The van der Waals surface area contributed by atoms with Gasteiger partial charge in [-0.3, -0.25) is 0 Å². The van der Waals surface area contributed by atoms with Crippen LogP contribution in [0.4, 0.5) is 0 Å². The molecule has 1 aromatic rings. The first-order chi connectivity index (χ1) is 8.63. The van der Waals surface area contributed by atoms with Crippen molar-refractivity contribution in [1.29, 1.82) is 0 Å². The highest BCUT2D eigenvalue weighted by molar-refractivity contribution is 7.91. The molecule has 18 heavy (non-hydrogen) atoms. The molecule has 1 heterocycles. The van der Waals surface area contributed by atoms with Crippen molar-refractivity contribution in [2.45, 2.75) is 24.2 Å². The Bertz CT molecular complexity index is 466. The summed E-state index contributed by atoms with van der Waals surface area (Å²) in [5.74, 6) is 0.0732. The van der Waals surface area contributed by atoms with E-state index in [-0.39, 0.29) is 18.4 Å². The molecular formula is C13H19NO3S. The van der Waals surface area contributed by atoms with Gasteiger partial charge >= 0.3 is 0 Å². The summed E-state index contributed by atoms with van der Waals surface area (Å²) in [6.45, 7) is 0.776. The third-order valence-electron chi connectivity index (χ3n) is 3.26. The second-order valence-electron chi connectivity index (χ2n) is 4.60. The maximum atomic E-state index is 12.4. The predicted molar refractivity (Wildman–Crippen MR) is 71.0 cm³/mol. The summed E-state index contributed by atoms with van der Waals surface area (Å²) in [7, 11) is -3.26. The van der Waals surface area contributed by atoms with Crippen molar-refractivity contribution < 1.29 is 13.2 Å². The fourth-order valence-electron chi connectivity index (χ4n) is 2.31. The number of ether oxygens (including phenoxy) is 1. The third kappa shape index (κ3) is 3.10. The Hall–Kier alpha value is -0.910. The Morgan fingerprint density at radius 2 is 2.06 bits per heavy atom. The minimum atomic E-state index is -3.26. The quantitative estimate of drug-likeness (QED) is 0.874. The molecular weight excluding hydrogens is 250 g/mol. The number of hydrogen-bond acceptors (Lipinski definition) is 4. The Morgan fingerprint density at radius 1 is 1.33 bits per heavy atom. The molecule has 2 N–H and O–H groups in total. The van der Waals surface area contributed by atoms with Gasteiger partial charge in [0.1, 0.15) is 0 Å². The molecule has 0 aromatic heterocycles. The van der Waals surface area contributed by atoms with Gasteiger partial charge in [-0.2, -0.15) is 0 Å². The highest BCUT2D eigenvalue weighted by Crippen LogP contribution is 2.25. The largest absolute Gasteiger partial charge is 0.377 e. The Balaban J connectivity index is 2.15. The molecule has 0 amide bonds. The number of benzene rings is 1. The van der Waals surface area contributed by atoms with E-state index in [0.717, 1.165) is 18.4 Å². The number of sulfone groups is 1. The predicted octanol–water partition coefficient (Wildman–Crippen LogP) is 1.28. The molecule has 100 valence electrons. The normalized spacial score (nSPS) is 21.9. The molecule has 0 saturated carbocycles. The standard InChI is InChI=1S/C13H19NO3S/c14-9-13(11-5-2-1-3-6-11)18(15,16)10-12-7-4-8-17-12/h1-3,5-6,12-13H,4,7-10,14H2. The Morgan fingerprint density at radius 3 is 2.61 bits per heavy atom. The fourth-order valence-corrected chi connectivity index (χ4v) is 4.19. The maximum Gasteiger partial charge on any atom is 0.161 e. The highest BCUT2D eigenvalue weighted by Gasteiger charge is 2.30. The van der Waals surface area contributed by atoms with Crippen LogP contribution in [0.25, 0.3) is 0 Å². The molecule has 1 aliphatic heterocycles. The smallest absolute Gasteiger partial charge is 0.161 e. The zero-order valence-corrected chi connectivity index (χ0v) is 11.1. The summed E-state index contributed by atoms with van der Waals surface area (Å²) < 4.78 is 30.1. The summed E-state index contributed by atoms with van der Waals surface area (Å²) in [5.41, 5.74) is 6.41. The van der Waals surface area contributed by atoms with Crippen molar-refractivity contribution in [2.75, 3.05) is 18.9 Å². The van der Waals surface area contributed by atoms with Crippen LogP contribution >= 0.6 is 0 Å². The van der Waals surface area contributed by atoms with Crippen LogP contribution in [0, 0.1) is 0 Å². The summed E-state index contributed by atoms with van der Waals surface area (Å²) in [5, 5.41) is -0.622. The molecule has 2 unspecified atom stereocenters. The first-order valence-corrected chi connectivity index (χ1v) is 7.93. The van der Waals surface area contributed by atoms with Crippen LogP contribution in [0.2, 0.25) is 0 Å². The monoisotopic (exact) mass is 269 g/mol. The number of nitrogens with two attached hydrogens (primary N) is 1. The van der Waals surface area contributed by atoms with E-state index in [0.29, 0.717) is 6.61 Å². The van der Waals surface area contributed by atoms with Crippen LogP contribution in [0.1, 0.15) is 23.7 Å². The summed E-state index contributed by atoms with van der Waals surface area (Å²) in [6, 6.07) is 9.15. The summed E-state index contributed by atoms with van der Waals surface area (Å²) >= 11 is 0. The molecule has 4 nitrogen and oxygen atoms in total. The minimum absolute atomic E-state index is 0.0732. The van der Waals surface area contributed by atoms with E-state index in [1.165, 1.54) is 0 Å². The van der Waals surface area contributed by atoms with Crippen molar-refractivity contribution in [3.05, 3.63) is 35.9 Å². The van der Waals surface area contributed by atoms with Gasteiger partial charge in [0.25, 0.3) is 0 Å². The summed E-state index contributed by atoms with van der Waals surface area (Å²) in [4.78, 5) is 0. The van der Waals surface area contributed by atoms with Gasteiger partial charge in [-0.25, -0.2) is 8.42 Å². The van der Waals surface area contributed by atoms with Gasteiger partial charge in [0.05, 0.1) is 17.1 Å². The van der Waals surface area contributed by atoms with E-state index in [4.69, 9.17) is 10.5 Å². The highest BCUT2D eigenvalue weighted by atomic mass is 32.2. The lowest BCUT2D eigenvalue weighted by Gasteiger charge is -2.18. The zero-order chi connectivity index (χ0) is 13.0. The van der Waals surface area contributed by atoms with Crippen molar-refractivity contribution in [1.82, 2.24) is 0 Å². The van der Waals surface area contributed by atoms with Gasteiger partial charge in [-0.15, -0.1) is 0 Å². The van der Waals surface area contributed by atoms with Crippen LogP contribution in [0.3, 0.4) is 0 Å². The topological polar surface area (TPSA) is 69.4 Å². The molecule has 2 rings (SSSR count). The van der Waals surface area contributed by atoms with Crippen molar-refractivity contribution in [3.63, 3.8) is 0 Å². The van der Waals surface area contributed by atoms with Crippen LogP contribution in [-0.4, -0.2) is 33.4 Å². The average Bonchev–Trinajstić information content (AvgIpc) is 2.83. The molecule has 0 bridgehead atoms. The average molecular weight is 269 g/mol. The van der Waals surface area contributed by atoms with Gasteiger partial charge in [0.15, 0.2) is 9.84 Å². The molecule has 5 heteroatoms.